The van der Waals surface area contributed by atoms with Crippen LogP contribution in [0.15, 0.2) is 12.1 Å². The summed E-state index contributed by atoms with van der Waals surface area (Å²) in [5, 5.41) is 0. The highest BCUT2D eigenvalue weighted by molar-refractivity contribution is 14.1. The maximum absolute atomic E-state index is 5.80. The van der Waals surface area contributed by atoms with Crippen LogP contribution in [0.3, 0.4) is 0 Å². The van der Waals surface area contributed by atoms with Crippen LogP contribution in [0.1, 0.15) is 29.7 Å². The summed E-state index contributed by atoms with van der Waals surface area (Å²) in [6, 6.07) is 4.47. The van der Waals surface area contributed by atoms with Crippen LogP contribution in [0.25, 0.3) is 0 Å². The van der Waals surface area contributed by atoms with Gasteiger partial charge in [-0.3, -0.25) is 0 Å². The van der Waals surface area contributed by atoms with Gasteiger partial charge in [-0.05, 0) is 60.1 Å². The van der Waals surface area contributed by atoms with E-state index in [1.807, 2.05) is 6.92 Å². The molecule has 1 atom stereocenters. The molecular weight excluding hydrogens is 261 g/mol. The first-order valence-corrected chi connectivity index (χ1v) is 5.12. The molecule has 0 saturated carbocycles. The fourth-order valence-corrected chi connectivity index (χ4v) is 1.55. The third-order valence-corrected chi connectivity index (χ3v) is 3.69. The quantitative estimate of drug-likeness (QED) is 0.783. The molecule has 0 saturated heterocycles. The van der Waals surface area contributed by atoms with E-state index in [1.165, 1.54) is 20.3 Å². The zero-order chi connectivity index (χ0) is 9.30. The summed E-state index contributed by atoms with van der Waals surface area (Å²) in [6.07, 6.45) is 0. The minimum Gasteiger partial charge on any atom is -0.324 e. The Morgan fingerprint density at radius 1 is 1.25 bits per heavy atom. The van der Waals surface area contributed by atoms with E-state index in [1.54, 1.807) is 0 Å². The molecule has 2 N–H and O–H groups in total. The van der Waals surface area contributed by atoms with E-state index in [9.17, 15) is 0 Å². The van der Waals surface area contributed by atoms with Crippen molar-refractivity contribution in [2.45, 2.75) is 26.8 Å². The van der Waals surface area contributed by atoms with E-state index in [4.69, 9.17) is 5.73 Å². The van der Waals surface area contributed by atoms with Crippen LogP contribution in [-0.4, -0.2) is 0 Å². The Hall–Kier alpha value is -0.0900. The third-order valence-electron chi connectivity index (χ3n) is 1.98. The Morgan fingerprint density at radius 2 is 1.67 bits per heavy atom. The SMILES string of the molecule is Cc1cc(C(C)N)cc(C)c1I. The highest BCUT2D eigenvalue weighted by atomic mass is 127. The van der Waals surface area contributed by atoms with Crippen LogP contribution < -0.4 is 5.73 Å². The summed E-state index contributed by atoms with van der Waals surface area (Å²) in [5.74, 6) is 0. The van der Waals surface area contributed by atoms with Crippen LogP contribution in [0.4, 0.5) is 0 Å². The standard InChI is InChI=1S/C10H14IN/c1-6-4-9(8(3)12)5-7(2)10(6)11/h4-5,8H,12H2,1-3H3. The zero-order valence-corrected chi connectivity index (χ0v) is 9.84. The summed E-state index contributed by atoms with van der Waals surface area (Å²) in [7, 11) is 0. The van der Waals surface area contributed by atoms with Gasteiger partial charge in [-0.25, -0.2) is 0 Å². The van der Waals surface area contributed by atoms with Crippen molar-refractivity contribution in [3.8, 4) is 0 Å². The average Bonchev–Trinajstić information content (AvgIpc) is 1.99. The lowest BCUT2D eigenvalue weighted by atomic mass is 10.0. The van der Waals surface area contributed by atoms with Crippen LogP contribution in [0.5, 0.6) is 0 Å². The van der Waals surface area contributed by atoms with E-state index in [2.05, 4.69) is 48.6 Å². The number of hydrogen-bond acceptors (Lipinski definition) is 1. The van der Waals surface area contributed by atoms with E-state index >= 15 is 0 Å². The van der Waals surface area contributed by atoms with Crippen molar-refractivity contribution in [1.82, 2.24) is 0 Å². The summed E-state index contributed by atoms with van der Waals surface area (Å²) in [6.45, 7) is 6.27. The molecule has 1 rings (SSSR count). The number of rotatable bonds is 1. The molecule has 0 spiro atoms. The second kappa shape index (κ2) is 3.75. The number of hydrogen-bond donors (Lipinski definition) is 1. The molecule has 1 aromatic carbocycles. The number of halogens is 1. The van der Waals surface area contributed by atoms with Crippen LogP contribution in [-0.2, 0) is 0 Å². The van der Waals surface area contributed by atoms with E-state index in [0.717, 1.165) is 0 Å². The van der Waals surface area contributed by atoms with Gasteiger partial charge in [0.2, 0.25) is 0 Å². The van der Waals surface area contributed by atoms with Gasteiger partial charge < -0.3 is 5.73 Å². The predicted molar refractivity (Wildman–Crippen MR) is 61.2 cm³/mol. The fraction of sp³-hybridized carbons (Fsp3) is 0.400. The maximum atomic E-state index is 5.80. The van der Waals surface area contributed by atoms with Gasteiger partial charge in [-0.15, -0.1) is 0 Å². The van der Waals surface area contributed by atoms with Crippen molar-refractivity contribution in [2.24, 2.45) is 5.73 Å². The Bertz CT molecular complexity index is 269. The lowest BCUT2D eigenvalue weighted by molar-refractivity contribution is 0.814. The van der Waals surface area contributed by atoms with Gasteiger partial charge in [0, 0.05) is 9.61 Å². The highest BCUT2D eigenvalue weighted by Gasteiger charge is 2.04. The first kappa shape index (κ1) is 9.99. The first-order valence-electron chi connectivity index (χ1n) is 4.04. The molecule has 0 aliphatic heterocycles. The largest absolute Gasteiger partial charge is 0.324 e. The van der Waals surface area contributed by atoms with Crippen LogP contribution in [0.2, 0.25) is 0 Å². The van der Waals surface area contributed by atoms with Gasteiger partial charge in [0.25, 0.3) is 0 Å². The summed E-state index contributed by atoms with van der Waals surface area (Å²) in [5.41, 5.74) is 9.67. The second-order valence-electron chi connectivity index (χ2n) is 3.26. The Balaban J connectivity index is 3.21. The fourth-order valence-electron chi connectivity index (χ4n) is 1.24. The van der Waals surface area contributed by atoms with E-state index < -0.39 is 0 Å². The van der Waals surface area contributed by atoms with Crippen molar-refractivity contribution >= 4 is 22.6 Å². The average molecular weight is 275 g/mol. The van der Waals surface area contributed by atoms with E-state index in [-0.39, 0.29) is 6.04 Å². The van der Waals surface area contributed by atoms with Crippen LogP contribution in [0, 0.1) is 17.4 Å². The molecule has 0 bridgehead atoms. The van der Waals surface area contributed by atoms with Gasteiger partial charge in [0.1, 0.15) is 0 Å². The monoisotopic (exact) mass is 275 g/mol. The molecular formula is C10H14IN. The highest BCUT2D eigenvalue weighted by Crippen LogP contribution is 2.21. The zero-order valence-electron chi connectivity index (χ0n) is 7.69. The molecule has 0 aromatic heterocycles. The molecule has 66 valence electrons. The Labute approximate surface area is 87.5 Å². The molecule has 1 aromatic rings. The molecule has 12 heavy (non-hydrogen) atoms. The van der Waals surface area contributed by atoms with Crippen molar-refractivity contribution in [1.29, 1.82) is 0 Å². The van der Waals surface area contributed by atoms with Crippen molar-refractivity contribution in [3.05, 3.63) is 32.4 Å². The smallest absolute Gasteiger partial charge is 0.0266 e. The first-order chi connectivity index (χ1) is 5.52. The van der Waals surface area contributed by atoms with Gasteiger partial charge in [-0.2, -0.15) is 0 Å². The van der Waals surface area contributed by atoms with Crippen LogP contribution >= 0.6 is 22.6 Å². The molecule has 0 aliphatic carbocycles. The van der Waals surface area contributed by atoms with Crippen molar-refractivity contribution in [2.75, 3.05) is 0 Å². The molecule has 0 aliphatic rings. The summed E-state index contributed by atoms with van der Waals surface area (Å²) < 4.78 is 1.34. The number of benzene rings is 1. The predicted octanol–water partition coefficient (Wildman–Crippen LogP) is 2.93. The Kier molecular flexibility index (Phi) is 3.12. The minimum absolute atomic E-state index is 0.138. The molecule has 2 heteroatoms. The van der Waals surface area contributed by atoms with E-state index in [0.29, 0.717) is 0 Å². The maximum Gasteiger partial charge on any atom is 0.0266 e. The minimum atomic E-state index is 0.138. The van der Waals surface area contributed by atoms with Gasteiger partial charge >= 0.3 is 0 Å². The van der Waals surface area contributed by atoms with Crippen molar-refractivity contribution in [3.63, 3.8) is 0 Å². The molecule has 1 unspecified atom stereocenters. The lowest BCUT2D eigenvalue weighted by Crippen LogP contribution is -2.06. The van der Waals surface area contributed by atoms with Crippen molar-refractivity contribution < 1.29 is 0 Å². The molecule has 0 radical (unpaired) electrons. The van der Waals surface area contributed by atoms with Gasteiger partial charge in [0.05, 0.1) is 0 Å². The van der Waals surface area contributed by atoms with Gasteiger partial charge in [-0.1, -0.05) is 12.1 Å². The molecule has 0 amide bonds. The third kappa shape index (κ3) is 1.98. The second-order valence-corrected chi connectivity index (χ2v) is 4.34. The Morgan fingerprint density at radius 3 is 2.00 bits per heavy atom. The topological polar surface area (TPSA) is 26.0 Å². The lowest BCUT2D eigenvalue weighted by Gasteiger charge is -2.10. The summed E-state index contributed by atoms with van der Waals surface area (Å²) in [4.78, 5) is 0. The molecule has 1 nitrogen and oxygen atoms in total. The molecule has 0 fully saturated rings. The molecule has 0 heterocycles. The number of nitrogens with two attached hydrogens (primary N) is 1. The summed E-state index contributed by atoms with van der Waals surface area (Å²) >= 11 is 2.37. The number of aryl methyl sites for hydroxylation is 2. The van der Waals surface area contributed by atoms with Gasteiger partial charge in [0.15, 0.2) is 0 Å². The normalized spacial score (nSPS) is 13.1.